The highest BCUT2D eigenvalue weighted by Gasteiger charge is 2.18. The fraction of sp³-hybridized carbons (Fsp3) is 0.400. The van der Waals surface area contributed by atoms with Crippen LogP contribution in [0, 0.1) is 10.1 Å². The van der Waals surface area contributed by atoms with Crippen molar-refractivity contribution in [3.05, 3.63) is 34.4 Å². The van der Waals surface area contributed by atoms with Crippen molar-refractivity contribution in [1.29, 1.82) is 0 Å². The van der Waals surface area contributed by atoms with Gasteiger partial charge < -0.3 is 5.73 Å². The van der Waals surface area contributed by atoms with Crippen molar-refractivity contribution in [2.45, 2.75) is 24.3 Å². The summed E-state index contributed by atoms with van der Waals surface area (Å²) in [5, 5.41) is 10.4. The van der Waals surface area contributed by atoms with Crippen LogP contribution in [0.4, 0.5) is 5.69 Å². The maximum atomic E-state index is 11.8. The number of hydrogen-bond donors (Lipinski definition) is 1. The largest absolute Gasteiger partial charge is 0.327 e. The second-order valence-electron chi connectivity index (χ2n) is 3.70. The van der Waals surface area contributed by atoms with Crippen molar-refractivity contribution in [1.82, 2.24) is 0 Å². The van der Waals surface area contributed by atoms with Gasteiger partial charge in [-0.15, -0.1) is 0 Å². The molecule has 6 nitrogen and oxygen atoms in total. The predicted molar refractivity (Wildman–Crippen MR) is 63.4 cm³/mol. The Labute approximate surface area is 99.5 Å². The molecule has 0 radical (unpaired) electrons. The number of nitro benzene ring substituents is 1. The Kier molecular flexibility index (Phi) is 4.19. The second-order valence-corrected chi connectivity index (χ2v) is 5.73. The van der Waals surface area contributed by atoms with Gasteiger partial charge >= 0.3 is 0 Å². The zero-order valence-electron chi connectivity index (χ0n) is 9.37. The van der Waals surface area contributed by atoms with E-state index in [0.29, 0.717) is 6.42 Å². The highest BCUT2D eigenvalue weighted by molar-refractivity contribution is 7.91. The molecule has 0 amide bonds. The molecule has 0 heterocycles. The predicted octanol–water partition coefficient (Wildman–Crippen LogP) is 1.11. The maximum absolute atomic E-state index is 11.8. The van der Waals surface area contributed by atoms with Crippen LogP contribution in [0.25, 0.3) is 0 Å². The maximum Gasteiger partial charge on any atom is 0.269 e. The average Bonchev–Trinajstić information content (AvgIpc) is 2.28. The van der Waals surface area contributed by atoms with Crippen molar-refractivity contribution in [2.24, 2.45) is 5.73 Å². The lowest BCUT2D eigenvalue weighted by Gasteiger charge is -2.09. The third-order valence-corrected chi connectivity index (χ3v) is 4.22. The van der Waals surface area contributed by atoms with Crippen LogP contribution in [0.15, 0.2) is 29.2 Å². The zero-order valence-corrected chi connectivity index (χ0v) is 10.2. The Morgan fingerprint density at radius 2 is 1.88 bits per heavy atom. The first kappa shape index (κ1) is 13.6. The smallest absolute Gasteiger partial charge is 0.269 e. The molecule has 0 aliphatic rings. The van der Waals surface area contributed by atoms with Gasteiger partial charge in [-0.25, -0.2) is 8.42 Å². The van der Waals surface area contributed by atoms with Crippen LogP contribution >= 0.6 is 0 Å². The molecule has 0 aliphatic heterocycles. The Balaban J connectivity index is 2.96. The van der Waals surface area contributed by atoms with Gasteiger partial charge in [-0.3, -0.25) is 10.1 Å². The molecule has 1 aromatic carbocycles. The van der Waals surface area contributed by atoms with Gasteiger partial charge in [0, 0.05) is 18.2 Å². The molecule has 0 saturated heterocycles. The number of sulfone groups is 1. The van der Waals surface area contributed by atoms with E-state index in [1.54, 1.807) is 6.92 Å². The van der Waals surface area contributed by atoms with Crippen LogP contribution in [-0.2, 0) is 9.84 Å². The molecule has 0 aromatic heterocycles. The highest BCUT2D eigenvalue weighted by Crippen LogP contribution is 2.17. The summed E-state index contributed by atoms with van der Waals surface area (Å²) in [5.41, 5.74) is 5.45. The van der Waals surface area contributed by atoms with E-state index in [1.807, 2.05) is 0 Å². The number of nitrogens with two attached hydrogens (primary N) is 1. The van der Waals surface area contributed by atoms with Gasteiger partial charge in [0.25, 0.3) is 5.69 Å². The van der Waals surface area contributed by atoms with E-state index in [-0.39, 0.29) is 16.3 Å². The Hall–Kier alpha value is -1.47. The van der Waals surface area contributed by atoms with E-state index < -0.39 is 20.8 Å². The summed E-state index contributed by atoms with van der Waals surface area (Å²) >= 11 is 0. The monoisotopic (exact) mass is 258 g/mol. The second kappa shape index (κ2) is 5.24. The molecule has 1 unspecified atom stereocenters. The third kappa shape index (κ3) is 3.50. The molecule has 94 valence electrons. The minimum atomic E-state index is -3.46. The molecular formula is C10H14N2O4S. The molecule has 0 saturated carbocycles. The molecule has 1 atom stereocenters. The van der Waals surface area contributed by atoms with Gasteiger partial charge in [-0.05, 0) is 18.6 Å². The first-order valence-electron chi connectivity index (χ1n) is 5.09. The Morgan fingerprint density at radius 1 is 1.35 bits per heavy atom. The summed E-state index contributed by atoms with van der Waals surface area (Å²) in [7, 11) is -3.46. The minimum Gasteiger partial charge on any atom is -0.327 e. The third-order valence-electron chi connectivity index (χ3n) is 2.36. The molecule has 0 aliphatic carbocycles. The van der Waals surface area contributed by atoms with E-state index in [2.05, 4.69) is 0 Å². The molecule has 17 heavy (non-hydrogen) atoms. The van der Waals surface area contributed by atoms with Crippen molar-refractivity contribution in [2.75, 3.05) is 5.75 Å². The Bertz CT molecular complexity index is 496. The van der Waals surface area contributed by atoms with Gasteiger partial charge in [0.2, 0.25) is 0 Å². The van der Waals surface area contributed by atoms with E-state index in [4.69, 9.17) is 5.73 Å². The molecule has 0 spiro atoms. The number of nitrogens with zero attached hydrogens (tertiary/aromatic N) is 1. The standard InChI is InChI=1S/C10H14N2O4S/c1-2-8(11)7-17(15,16)10-5-3-9(4-6-10)12(13)14/h3-6,8H,2,7,11H2,1H3. The summed E-state index contributed by atoms with van der Waals surface area (Å²) in [6.07, 6.45) is 0.562. The average molecular weight is 258 g/mol. The molecule has 1 rings (SSSR count). The zero-order chi connectivity index (χ0) is 13.1. The topological polar surface area (TPSA) is 103 Å². The molecular weight excluding hydrogens is 244 g/mol. The van der Waals surface area contributed by atoms with E-state index >= 15 is 0 Å². The highest BCUT2D eigenvalue weighted by atomic mass is 32.2. The number of nitro groups is 1. The molecule has 2 N–H and O–H groups in total. The lowest BCUT2D eigenvalue weighted by Crippen LogP contribution is -2.28. The van der Waals surface area contributed by atoms with Crippen LogP contribution < -0.4 is 5.73 Å². The normalized spacial score (nSPS) is 13.3. The first-order valence-corrected chi connectivity index (χ1v) is 6.75. The summed E-state index contributed by atoms with van der Waals surface area (Å²) in [5.74, 6) is -0.151. The minimum absolute atomic E-state index is 0.0620. The lowest BCUT2D eigenvalue weighted by atomic mass is 10.3. The van der Waals surface area contributed by atoms with Crippen LogP contribution in [0.2, 0.25) is 0 Å². The lowest BCUT2D eigenvalue weighted by molar-refractivity contribution is -0.384. The summed E-state index contributed by atoms with van der Waals surface area (Å²) in [6.45, 7) is 1.80. The fourth-order valence-electron chi connectivity index (χ4n) is 1.27. The van der Waals surface area contributed by atoms with Gasteiger partial charge in [0.1, 0.15) is 0 Å². The van der Waals surface area contributed by atoms with Crippen molar-refractivity contribution in [3.8, 4) is 0 Å². The van der Waals surface area contributed by atoms with Gasteiger partial charge in [0.05, 0.1) is 15.6 Å². The van der Waals surface area contributed by atoms with E-state index in [0.717, 1.165) is 0 Å². The Morgan fingerprint density at radius 3 is 2.29 bits per heavy atom. The number of benzene rings is 1. The quantitative estimate of drug-likeness (QED) is 0.629. The fourth-order valence-corrected chi connectivity index (χ4v) is 2.81. The summed E-state index contributed by atoms with van der Waals surface area (Å²) in [6, 6.07) is 4.38. The van der Waals surface area contributed by atoms with E-state index in [9.17, 15) is 18.5 Å². The van der Waals surface area contributed by atoms with Gasteiger partial charge in [-0.1, -0.05) is 6.92 Å². The van der Waals surface area contributed by atoms with Crippen LogP contribution in [-0.4, -0.2) is 25.1 Å². The van der Waals surface area contributed by atoms with Crippen molar-refractivity contribution >= 4 is 15.5 Å². The molecule has 7 heteroatoms. The number of non-ortho nitro benzene ring substituents is 1. The van der Waals surface area contributed by atoms with E-state index in [1.165, 1.54) is 24.3 Å². The summed E-state index contributed by atoms with van der Waals surface area (Å²) in [4.78, 5) is 9.91. The summed E-state index contributed by atoms with van der Waals surface area (Å²) < 4.78 is 23.7. The van der Waals surface area contributed by atoms with Crippen molar-refractivity contribution in [3.63, 3.8) is 0 Å². The van der Waals surface area contributed by atoms with Gasteiger partial charge in [0.15, 0.2) is 9.84 Å². The van der Waals surface area contributed by atoms with Crippen LogP contribution in [0.1, 0.15) is 13.3 Å². The molecule has 0 fully saturated rings. The number of hydrogen-bond acceptors (Lipinski definition) is 5. The SMILES string of the molecule is CCC(N)CS(=O)(=O)c1ccc([N+](=O)[O-])cc1. The van der Waals surface area contributed by atoms with Crippen LogP contribution in [0.3, 0.4) is 0 Å². The number of rotatable bonds is 5. The first-order chi connectivity index (χ1) is 7.86. The molecule has 0 bridgehead atoms. The van der Waals surface area contributed by atoms with Gasteiger partial charge in [-0.2, -0.15) is 0 Å². The van der Waals surface area contributed by atoms with Crippen LogP contribution in [0.5, 0.6) is 0 Å². The molecule has 1 aromatic rings. The van der Waals surface area contributed by atoms with Crippen molar-refractivity contribution < 1.29 is 13.3 Å².